The first-order valence-corrected chi connectivity index (χ1v) is 33.2. The fourth-order valence-corrected chi connectivity index (χ4v) is 10.3. The molecule has 0 bridgehead atoms. The number of carbonyl (C=O) groups excluding carboxylic acids is 2. The number of carbonyl (C=O) groups is 2. The summed E-state index contributed by atoms with van der Waals surface area (Å²) in [5.74, 6) is -0.0333. The van der Waals surface area contributed by atoms with Gasteiger partial charge < -0.3 is 20.3 Å². The first-order chi connectivity index (χ1) is 36.5. The normalized spacial score (nSPS) is 12.8. The number of amides is 1. The lowest BCUT2D eigenvalue weighted by atomic mass is 10.0. The van der Waals surface area contributed by atoms with Gasteiger partial charge in [0.15, 0.2) is 0 Å². The molecule has 0 aliphatic rings. The summed E-state index contributed by atoms with van der Waals surface area (Å²) in [5.41, 5.74) is 0. The van der Waals surface area contributed by atoms with Crippen LogP contribution in [0, 0.1) is 0 Å². The number of aliphatic hydroxyl groups is 2. The van der Waals surface area contributed by atoms with Gasteiger partial charge in [-0.25, -0.2) is 0 Å². The van der Waals surface area contributed by atoms with Crippen molar-refractivity contribution in [2.75, 3.05) is 13.2 Å². The molecule has 0 radical (unpaired) electrons. The molecule has 0 spiro atoms. The summed E-state index contributed by atoms with van der Waals surface area (Å²) in [6, 6.07) is -0.547. The maximum Gasteiger partial charge on any atom is 0.305 e. The van der Waals surface area contributed by atoms with Crippen LogP contribution in [0.3, 0.4) is 0 Å². The molecular formula is C68H129NO5. The SMILES string of the molecule is CCCCC/C=C\C/C=C\CCCCCCCCCCCC(=O)OCCCCCCCCCCCCC/C=C\CCCCCCCCCC(=O)NC(CO)C(O)CCCCCCCCCCCCCCCCCC. The molecule has 0 aliphatic carbocycles. The summed E-state index contributed by atoms with van der Waals surface area (Å²) in [6.07, 6.45) is 80.2. The van der Waals surface area contributed by atoms with E-state index in [1.807, 2.05) is 0 Å². The van der Waals surface area contributed by atoms with Crippen molar-refractivity contribution in [3.63, 3.8) is 0 Å². The Labute approximate surface area is 462 Å². The highest BCUT2D eigenvalue weighted by Gasteiger charge is 2.20. The van der Waals surface area contributed by atoms with Gasteiger partial charge in [0, 0.05) is 12.8 Å². The van der Waals surface area contributed by atoms with Gasteiger partial charge in [0.05, 0.1) is 25.4 Å². The topological polar surface area (TPSA) is 95.9 Å². The van der Waals surface area contributed by atoms with Crippen molar-refractivity contribution >= 4 is 11.9 Å². The van der Waals surface area contributed by atoms with Crippen molar-refractivity contribution in [2.45, 2.75) is 373 Å². The van der Waals surface area contributed by atoms with Crippen molar-refractivity contribution < 1.29 is 24.5 Å². The van der Waals surface area contributed by atoms with E-state index in [4.69, 9.17) is 4.74 Å². The molecule has 0 fully saturated rings. The van der Waals surface area contributed by atoms with Gasteiger partial charge in [-0.05, 0) is 83.5 Å². The van der Waals surface area contributed by atoms with Crippen LogP contribution in [0.1, 0.15) is 361 Å². The fraction of sp³-hybridized carbons (Fsp3) is 0.882. The highest BCUT2D eigenvalue weighted by atomic mass is 16.5. The molecule has 436 valence electrons. The quantitative estimate of drug-likeness (QED) is 0.0320. The average molecular weight is 1040 g/mol. The smallest absolute Gasteiger partial charge is 0.305 e. The largest absolute Gasteiger partial charge is 0.466 e. The Balaban J connectivity index is 3.40. The minimum absolute atomic E-state index is 0.00659. The van der Waals surface area contributed by atoms with Crippen LogP contribution in [0.25, 0.3) is 0 Å². The van der Waals surface area contributed by atoms with Crippen molar-refractivity contribution in [1.29, 1.82) is 0 Å². The van der Waals surface area contributed by atoms with Gasteiger partial charge in [0.2, 0.25) is 5.91 Å². The van der Waals surface area contributed by atoms with Gasteiger partial charge in [0.1, 0.15) is 0 Å². The first kappa shape index (κ1) is 72.1. The van der Waals surface area contributed by atoms with Crippen LogP contribution >= 0.6 is 0 Å². The molecule has 6 nitrogen and oxygen atoms in total. The summed E-state index contributed by atoms with van der Waals surface area (Å²) in [5, 5.41) is 23.3. The molecule has 0 aliphatic heterocycles. The Morgan fingerprint density at radius 2 is 0.676 bits per heavy atom. The Bertz CT molecular complexity index is 1200. The van der Waals surface area contributed by atoms with E-state index < -0.39 is 12.1 Å². The highest BCUT2D eigenvalue weighted by molar-refractivity contribution is 5.76. The lowest BCUT2D eigenvalue weighted by molar-refractivity contribution is -0.143. The second-order valence-corrected chi connectivity index (χ2v) is 22.8. The van der Waals surface area contributed by atoms with Crippen LogP contribution in [0.5, 0.6) is 0 Å². The lowest BCUT2D eigenvalue weighted by Gasteiger charge is -2.22. The molecule has 2 atom stereocenters. The number of unbranched alkanes of at least 4 members (excludes halogenated alkanes) is 45. The lowest BCUT2D eigenvalue weighted by Crippen LogP contribution is -2.45. The summed E-state index contributed by atoms with van der Waals surface area (Å²) in [7, 11) is 0. The van der Waals surface area contributed by atoms with E-state index in [-0.39, 0.29) is 18.5 Å². The van der Waals surface area contributed by atoms with Crippen molar-refractivity contribution in [2.24, 2.45) is 0 Å². The molecule has 1 amide bonds. The van der Waals surface area contributed by atoms with Gasteiger partial charge in [0.25, 0.3) is 0 Å². The second kappa shape index (κ2) is 63.6. The molecule has 2 unspecified atom stereocenters. The monoisotopic (exact) mass is 1040 g/mol. The Morgan fingerprint density at radius 1 is 0.378 bits per heavy atom. The molecule has 3 N–H and O–H groups in total. The van der Waals surface area contributed by atoms with E-state index in [2.05, 4.69) is 55.6 Å². The van der Waals surface area contributed by atoms with E-state index in [0.29, 0.717) is 25.9 Å². The minimum Gasteiger partial charge on any atom is -0.466 e. The maximum atomic E-state index is 12.5. The Kier molecular flexibility index (Phi) is 62.0. The minimum atomic E-state index is -0.669. The van der Waals surface area contributed by atoms with E-state index in [9.17, 15) is 19.8 Å². The van der Waals surface area contributed by atoms with Crippen LogP contribution in [0.4, 0.5) is 0 Å². The maximum absolute atomic E-state index is 12.5. The molecule has 0 rings (SSSR count). The number of hydrogen-bond donors (Lipinski definition) is 3. The zero-order chi connectivity index (χ0) is 53.6. The summed E-state index contributed by atoms with van der Waals surface area (Å²) in [4.78, 5) is 24.6. The van der Waals surface area contributed by atoms with Gasteiger partial charge in [-0.15, -0.1) is 0 Å². The van der Waals surface area contributed by atoms with E-state index in [1.54, 1.807) is 0 Å². The van der Waals surface area contributed by atoms with Crippen LogP contribution < -0.4 is 5.32 Å². The van der Waals surface area contributed by atoms with Crippen molar-refractivity contribution in [1.82, 2.24) is 5.32 Å². The van der Waals surface area contributed by atoms with Gasteiger partial charge in [-0.1, -0.05) is 301 Å². The molecule has 6 heteroatoms. The predicted octanol–water partition coefficient (Wildman–Crippen LogP) is 21.1. The van der Waals surface area contributed by atoms with Gasteiger partial charge in [-0.2, -0.15) is 0 Å². The third-order valence-electron chi connectivity index (χ3n) is 15.4. The molecule has 0 saturated heterocycles. The summed E-state index contributed by atoms with van der Waals surface area (Å²) < 4.78 is 5.50. The van der Waals surface area contributed by atoms with Crippen LogP contribution in [-0.4, -0.2) is 47.4 Å². The fourth-order valence-electron chi connectivity index (χ4n) is 10.3. The number of allylic oxidation sites excluding steroid dienone is 6. The Morgan fingerprint density at radius 3 is 1.07 bits per heavy atom. The number of aliphatic hydroxyl groups excluding tert-OH is 2. The molecule has 74 heavy (non-hydrogen) atoms. The summed E-state index contributed by atoms with van der Waals surface area (Å²) in [6.45, 7) is 4.94. The zero-order valence-corrected chi connectivity index (χ0v) is 49.8. The molecular weight excluding hydrogens is 911 g/mol. The number of hydrogen-bond acceptors (Lipinski definition) is 5. The van der Waals surface area contributed by atoms with E-state index in [1.165, 1.54) is 276 Å². The Hall–Kier alpha value is -1.92. The first-order valence-electron chi connectivity index (χ1n) is 33.2. The van der Waals surface area contributed by atoms with Gasteiger partial charge in [-0.3, -0.25) is 9.59 Å². The van der Waals surface area contributed by atoms with E-state index in [0.717, 1.165) is 51.4 Å². The standard InChI is InChI=1S/C68H129NO5/c1-3-5-7-9-11-13-15-17-19-21-26-30-34-38-42-46-50-54-58-62-68(73)74-63-59-55-51-47-43-39-35-31-28-25-23-22-24-27-29-33-37-41-45-49-53-57-61-67(72)69-65(64-70)66(71)60-56-52-48-44-40-36-32-20-18-16-14-12-10-8-6-4-2/h11,13,17,19,24,27,65-66,70-71H,3-10,12,14-16,18,20-23,25-26,28-64H2,1-2H3,(H,69,72)/b13-11-,19-17-,27-24-. The molecule has 0 heterocycles. The van der Waals surface area contributed by atoms with Crippen molar-refractivity contribution in [3.05, 3.63) is 36.5 Å². The van der Waals surface area contributed by atoms with Gasteiger partial charge >= 0.3 is 5.97 Å². The average Bonchev–Trinajstić information content (AvgIpc) is 3.40. The van der Waals surface area contributed by atoms with E-state index >= 15 is 0 Å². The summed E-state index contributed by atoms with van der Waals surface area (Å²) >= 11 is 0. The zero-order valence-electron chi connectivity index (χ0n) is 49.8. The third kappa shape index (κ3) is 59.3. The van der Waals surface area contributed by atoms with Crippen LogP contribution in [0.15, 0.2) is 36.5 Å². The van der Waals surface area contributed by atoms with Crippen LogP contribution in [0.2, 0.25) is 0 Å². The van der Waals surface area contributed by atoms with Crippen LogP contribution in [-0.2, 0) is 14.3 Å². The molecule has 0 aromatic carbocycles. The highest BCUT2D eigenvalue weighted by Crippen LogP contribution is 2.18. The number of esters is 1. The molecule has 0 aromatic heterocycles. The molecule has 0 aromatic rings. The predicted molar refractivity (Wildman–Crippen MR) is 324 cm³/mol. The molecule has 0 saturated carbocycles. The third-order valence-corrected chi connectivity index (χ3v) is 15.4. The number of ether oxygens (including phenoxy) is 1. The number of nitrogens with one attached hydrogen (secondary N) is 1. The number of rotatable bonds is 62. The van der Waals surface area contributed by atoms with Crippen molar-refractivity contribution in [3.8, 4) is 0 Å². The second-order valence-electron chi connectivity index (χ2n) is 22.8.